The molecule has 0 saturated carbocycles. The van der Waals surface area contributed by atoms with Gasteiger partial charge >= 0.3 is 0 Å². The number of Topliss-reactive ketones (excluding diaryl/α,β-unsaturated/α-hetero) is 2. The fraction of sp³-hybridized carbons (Fsp3) is 0.154. The Morgan fingerprint density at radius 3 is 2.47 bits per heavy atom. The Hall–Kier alpha value is -2.63. The third kappa shape index (κ3) is 1.77. The van der Waals surface area contributed by atoms with E-state index in [2.05, 4.69) is 15.3 Å². The maximum absolute atomic E-state index is 12.2. The zero-order valence-corrected chi connectivity index (χ0v) is 10.1. The van der Waals surface area contributed by atoms with E-state index in [1.54, 1.807) is 18.2 Å². The number of benzene rings is 1. The molecule has 1 aromatic heterocycles. The van der Waals surface area contributed by atoms with Crippen molar-refractivity contribution in [3.05, 3.63) is 48.0 Å². The van der Waals surface area contributed by atoms with Crippen molar-refractivity contribution in [1.82, 2.24) is 14.9 Å². The molecule has 0 amide bonds. The lowest BCUT2D eigenvalue weighted by Crippen LogP contribution is -2.24. The first-order valence-corrected chi connectivity index (χ1v) is 5.76. The second-order valence-electron chi connectivity index (χ2n) is 4.28. The Morgan fingerprint density at radius 2 is 1.84 bits per heavy atom. The van der Waals surface area contributed by atoms with E-state index in [0.717, 1.165) is 0 Å². The Kier molecular flexibility index (Phi) is 2.56. The molecule has 0 N–H and O–H groups in total. The highest BCUT2D eigenvalue weighted by Gasteiger charge is 2.39. The Morgan fingerprint density at radius 1 is 1.21 bits per heavy atom. The van der Waals surface area contributed by atoms with Crippen LogP contribution in [0.3, 0.4) is 0 Å². The number of hydrogen-bond donors (Lipinski definition) is 0. The molecule has 1 aromatic carbocycles. The highest BCUT2D eigenvalue weighted by Crippen LogP contribution is 2.28. The molecule has 6 nitrogen and oxygen atoms in total. The van der Waals surface area contributed by atoms with Gasteiger partial charge in [-0.15, -0.1) is 10.2 Å². The molecule has 1 aliphatic rings. The van der Waals surface area contributed by atoms with Gasteiger partial charge in [0.2, 0.25) is 0 Å². The molecule has 94 valence electrons. The molecule has 0 spiro atoms. The lowest BCUT2D eigenvalue weighted by molar-refractivity contribution is -0.117. The molecule has 2 aromatic rings. The monoisotopic (exact) mass is 254 g/mol. The van der Waals surface area contributed by atoms with Crippen molar-refractivity contribution in [1.29, 1.82) is 0 Å². The van der Waals surface area contributed by atoms with Crippen LogP contribution in [0.25, 0.3) is 0 Å². The SMILES string of the molecule is CC(=O)C1C(=O)c2ccccc2/C1=N/n1cnnc1. The normalized spacial score (nSPS) is 19.7. The van der Waals surface area contributed by atoms with Gasteiger partial charge in [0.1, 0.15) is 24.4 Å². The quantitative estimate of drug-likeness (QED) is 0.747. The van der Waals surface area contributed by atoms with Crippen molar-refractivity contribution in [2.24, 2.45) is 11.0 Å². The smallest absolute Gasteiger partial charge is 0.180 e. The second-order valence-corrected chi connectivity index (χ2v) is 4.28. The van der Waals surface area contributed by atoms with Crippen LogP contribution in [0.2, 0.25) is 0 Å². The summed E-state index contributed by atoms with van der Waals surface area (Å²) in [5, 5.41) is 11.6. The average Bonchev–Trinajstić information content (AvgIpc) is 2.98. The van der Waals surface area contributed by atoms with Crippen molar-refractivity contribution < 1.29 is 9.59 Å². The number of rotatable bonds is 2. The van der Waals surface area contributed by atoms with E-state index in [1.807, 2.05) is 6.07 Å². The zero-order chi connectivity index (χ0) is 13.4. The lowest BCUT2D eigenvalue weighted by Gasteiger charge is -2.05. The Labute approximate surface area is 108 Å². The first-order chi connectivity index (χ1) is 9.18. The van der Waals surface area contributed by atoms with E-state index in [0.29, 0.717) is 16.8 Å². The van der Waals surface area contributed by atoms with Crippen LogP contribution >= 0.6 is 0 Å². The number of carbonyl (C=O) groups excluding carboxylic acids is 2. The minimum atomic E-state index is -0.834. The summed E-state index contributed by atoms with van der Waals surface area (Å²) in [5.74, 6) is -1.25. The van der Waals surface area contributed by atoms with E-state index in [-0.39, 0.29) is 11.6 Å². The molecule has 0 fully saturated rings. The second kappa shape index (κ2) is 4.24. The van der Waals surface area contributed by atoms with Crippen LogP contribution in [0.15, 0.2) is 42.0 Å². The first kappa shape index (κ1) is 11.5. The van der Waals surface area contributed by atoms with Crippen LogP contribution in [0.5, 0.6) is 0 Å². The Balaban J connectivity index is 2.20. The highest BCUT2D eigenvalue weighted by molar-refractivity contribution is 6.36. The van der Waals surface area contributed by atoms with Crippen molar-refractivity contribution in [2.75, 3.05) is 0 Å². The largest absolute Gasteiger partial charge is 0.299 e. The minimum Gasteiger partial charge on any atom is -0.299 e. The van der Waals surface area contributed by atoms with Gasteiger partial charge in [-0.3, -0.25) is 9.59 Å². The van der Waals surface area contributed by atoms with Crippen LogP contribution in [-0.2, 0) is 4.79 Å². The van der Waals surface area contributed by atoms with Crippen LogP contribution in [-0.4, -0.2) is 32.2 Å². The summed E-state index contributed by atoms with van der Waals surface area (Å²) >= 11 is 0. The minimum absolute atomic E-state index is 0.199. The molecule has 19 heavy (non-hydrogen) atoms. The molecule has 1 unspecified atom stereocenters. The molecule has 1 heterocycles. The summed E-state index contributed by atoms with van der Waals surface area (Å²) < 4.78 is 1.39. The van der Waals surface area contributed by atoms with E-state index >= 15 is 0 Å². The molecule has 0 radical (unpaired) electrons. The van der Waals surface area contributed by atoms with E-state index in [1.165, 1.54) is 24.3 Å². The van der Waals surface area contributed by atoms with Gasteiger partial charge in [0, 0.05) is 11.1 Å². The number of fused-ring (bicyclic) bond motifs is 1. The summed E-state index contributed by atoms with van der Waals surface area (Å²) in [5.41, 5.74) is 1.68. The van der Waals surface area contributed by atoms with Crippen LogP contribution in [0.4, 0.5) is 0 Å². The summed E-state index contributed by atoms with van der Waals surface area (Å²) in [4.78, 5) is 24.0. The summed E-state index contributed by atoms with van der Waals surface area (Å²) in [6.07, 6.45) is 2.82. The summed E-state index contributed by atoms with van der Waals surface area (Å²) in [6.45, 7) is 1.40. The Bertz CT molecular complexity index is 688. The molecular formula is C13H10N4O2. The lowest BCUT2D eigenvalue weighted by atomic mass is 9.99. The molecule has 1 atom stereocenters. The van der Waals surface area contributed by atoms with Gasteiger partial charge in [0.25, 0.3) is 0 Å². The zero-order valence-electron chi connectivity index (χ0n) is 10.1. The maximum atomic E-state index is 12.2. The van der Waals surface area contributed by atoms with Crippen molar-refractivity contribution in [2.45, 2.75) is 6.92 Å². The standard InChI is InChI=1S/C13H10N4O2/c1-8(18)11-12(16-17-6-14-15-7-17)9-4-2-3-5-10(9)13(11)19/h2-7,11H,1H3/b16-12-. The molecule has 0 bridgehead atoms. The van der Waals surface area contributed by atoms with Gasteiger partial charge in [-0.25, -0.2) is 4.68 Å². The summed E-state index contributed by atoms with van der Waals surface area (Å²) in [7, 11) is 0. The third-order valence-electron chi connectivity index (χ3n) is 3.04. The van der Waals surface area contributed by atoms with Gasteiger partial charge < -0.3 is 0 Å². The van der Waals surface area contributed by atoms with Gasteiger partial charge in [0.05, 0.1) is 5.71 Å². The number of ketones is 2. The van der Waals surface area contributed by atoms with Gasteiger partial charge in [-0.05, 0) is 6.92 Å². The fourth-order valence-corrected chi connectivity index (χ4v) is 2.22. The predicted octanol–water partition coefficient (Wildman–Crippen LogP) is 0.932. The van der Waals surface area contributed by atoms with E-state index < -0.39 is 5.92 Å². The average molecular weight is 254 g/mol. The fourth-order valence-electron chi connectivity index (χ4n) is 2.22. The topological polar surface area (TPSA) is 77.2 Å². The third-order valence-corrected chi connectivity index (χ3v) is 3.04. The van der Waals surface area contributed by atoms with Crippen LogP contribution in [0.1, 0.15) is 22.8 Å². The van der Waals surface area contributed by atoms with Crippen LogP contribution < -0.4 is 0 Å². The van der Waals surface area contributed by atoms with Crippen molar-refractivity contribution in [3.63, 3.8) is 0 Å². The van der Waals surface area contributed by atoms with Gasteiger partial charge in [-0.1, -0.05) is 24.3 Å². The number of aromatic nitrogens is 3. The number of carbonyl (C=O) groups is 2. The summed E-state index contributed by atoms with van der Waals surface area (Å²) in [6, 6.07) is 7.09. The number of hydrogen-bond acceptors (Lipinski definition) is 5. The van der Waals surface area contributed by atoms with Crippen molar-refractivity contribution >= 4 is 17.3 Å². The van der Waals surface area contributed by atoms with Crippen LogP contribution in [0, 0.1) is 5.92 Å². The van der Waals surface area contributed by atoms with Gasteiger partial charge in [0.15, 0.2) is 5.78 Å². The van der Waals surface area contributed by atoms with Crippen molar-refractivity contribution in [3.8, 4) is 0 Å². The molecule has 6 heteroatoms. The predicted molar refractivity (Wildman–Crippen MR) is 66.9 cm³/mol. The first-order valence-electron chi connectivity index (χ1n) is 5.76. The molecule has 0 saturated heterocycles. The highest BCUT2D eigenvalue weighted by atomic mass is 16.2. The molecular weight excluding hydrogens is 244 g/mol. The van der Waals surface area contributed by atoms with E-state index in [9.17, 15) is 9.59 Å². The maximum Gasteiger partial charge on any atom is 0.180 e. The molecule has 1 aliphatic carbocycles. The van der Waals surface area contributed by atoms with Gasteiger partial charge in [-0.2, -0.15) is 5.10 Å². The molecule has 0 aliphatic heterocycles. The number of nitrogens with zero attached hydrogens (tertiary/aromatic N) is 4. The molecule has 3 rings (SSSR count). The van der Waals surface area contributed by atoms with E-state index in [4.69, 9.17) is 0 Å².